The molecule has 0 fully saturated rings. The van der Waals surface area contributed by atoms with Gasteiger partial charge in [0.05, 0.1) is 12.5 Å². The van der Waals surface area contributed by atoms with E-state index in [-0.39, 0.29) is 18.2 Å². The maximum Gasteiger partial charge on any atom is 0.226 e. The molecule has 1 unspecified atom stereocenters. The Morgan fingerprint density at radius 1 is 1.08 bits per heavy atom. The van der Waals surface area contributed by atoms with Crippen molar-refractivity contribution in [2.24, 2.45) is 0 Å². The van der Waals surface area contributed by atoms with Gasteiger partial charge in [-0.25, -0.2) is 0 Å². The molecular weight excluding hydrogens is 344 g/mol. The molecule has 0 aliphatic carbocycles. The largest absolute Gasteiger partial charge is 0.349 e. The van der Waals surface area contributed by atoms with E-state index in [1.807, 2.05) is 42.7 Å². The lowest BCUT2D eigenvalue weighted by atomic mass is 10.0. The number of carbonyl (C=O) groups is 2. The molecule has 2 aromatic rings. The number of hydrogen-bond acceptors (Lipinski definition) is 3. The first-order valence-electron chi connectivity index (χ1n) is 7.44. The van der Waals surface area contributed by atoms with Gasteiger partial charge in [0.25, 0.3) is 0 Å². The number of nitrogens with one attached hydrogen (secondary N) is 2. The molecule has 4 nitrogen and oxygen atoms in total. The summed E-state index contributed by atoms with van der Waals surface area (Å²) in [5.41, 5.74) is 1.57. The summed E-state index contributed by atoms with van der Waals surface area (Å²) < 4.78 is 0. The maximum atomic E-state index is 12.3. The first-order valence-corrected chi connectivity index (χ1v) is 9.04. The van der Waals surface area contributed by atoms with Crippen LogP contribution in [0.3, 0.4) is 0 Å². The molecule has 0 saturated heterocycles. The van der Waals surface area contributed by atoms with Crippen molar-refractivity contribution >= 4 is 40.9 Å². The zero-order valence-corrected chi connectivity index (χ0v) is 15.1. The fourth-order valence-corrected chi connectivity index (χ4v) is 2.80. The fraction of sp³-hybridized carbons (Fsp3) is 0.222. The van der Waals surface area contributed by atoms with Gasteiger partial charge in [-0.05, 0) is 48.2 Å². The highest BCUT2D eigenvalue weighted by Gasteiger charge is 2.17. The van der Waals surface area contributed by atoms with Crippen molar-refractivity contribution in [2.75, 3.05) is 11.6 Å². The molecule has 0 radical (unpaired) electrons. The number of hydrogen-bond donors (Lipinski definition) is 2. The van der Waals surface area contributed by atoms with Crippen LogP contribution in [-0.2, 0) is 9.59 Å². The lowest BCUT2D eigenvalue weighted by Gasteiger charge is -2.18. The van der Waals surface area contributed by atoms with Crippen LogP contribution in [0.4, 0.5) is 5.69 Å². The minimum Gasteiger partial charge on any atom is -0.349 e. The smallest absolute Gasteiger partial charge is 0.226 e. The number of rotatable bonds is 6. The van der Waals surface area contributed by atoms with Crippen molar-refractivity contribution in [1.82, 2.24) is 5.32 Å². The first-order chi connectivity index (χ1) is 11.5. The molecule has 0 aliphatic heterocycles. The van der Waals surface area contributed by atoms with Crippen LogP contribution in [0.15, 0.2) is 53.4 Å². The number of thioether (sulfide) groups is 1. The normalized spacial score (nSPS) is 11.6. The van der Waals surface area contributed by atoms with E-state index in [0.29, 0.717) is 5.02 Å². The Hall–Kier alpha value is -1.98. The molecule has 1 atom stereocenters. The summed E-state index contributed by atoms with van der Waals surface area (Å²) in [6.07, 6.45) is 2.14. The molecule has 0 aliphatic rings. The summed E-state index contributed by atoms with van der Waals surface area (Å²) >= 11 is 7.53. The van der Waals surface area contributed by atoms with Crippen molar-refractivity contribution in [2.45, 2.75) is 24.3 Å². The van der Waals surface area contributed by atoms with Crippen LogP contribution in [0.5, 0.6) is 0 Å². The van der Waals surface area contributed by atoms with E-state index in [1.54, 1.807) is 23.9 Å². The molecule has 2 aromatic carbocycles. The second kappa shape index (κ2) is 8.76. The van der Waals surface area contributed by atoms with Crippen molar-refractivity contribution < 1.29 is 9.59 Å². The van der Waals surface area contributed by atoms with E-state index < -0.39 is 6.04 Å². The first kappa shape index (κ1) is 18.4. The molecule has 0 saturated carbocycles. The van der Waals surface area contributed by atoms with Gasteiger partial charge >= 0.3 is 0 Å². The summed E-state index contributed by atoms with van der Waals surface area (Å²) in [6.45, 7) is 1.43. The van der Waals surface area contributed by atoms with Crippen molar-refractivity contribution in [1.29, 1.82) is 0 Å². The predicted octanol–water partition coefficient (Wildman–Crippen LogP) is 4.27. The SMILES string of the molecule is CSc1ccc(NC(=O)CC(NC(C)=O)c2ccc(Cl)cc2)cc1. The van der Waals surface area contributed by atoms with Gasteiger partial charge in [-0.3, -0.25) is 9.59 Å². The predicted molar refractivity (Wildman–Crippen MR) is 99.5 cm³/mol. The lowest BCUT2D eigenvalue weighted by Crippen LogP contribution is -2.29. The van der Waals surface area contributed by atoms with E-state index in [4.69, 9.17) is 11.6 Å². The third-order valence-electron chi connectivity index (χ3n) is 3.41. The molecule has 2 rings (SSSR count). The second-order valence-corrected chi connectivity index (χ2v) is 6.60. The second-order valence-electron chi connectivity index (χ2n) is 5.29. The van der Waals surface area contributed by atoms with Crippen molar-refractivity contribution in [3.63, 3.8) is 0 Å². The Kier molecular flexibility index (Phi) is 6.70. The van der Waals surface area contributed by atoms with Crippen LogP contribution in [0.25, 0.3) is 0 Å². The number of anilines is 1. The lowest BCUT2D eigenvalue weighted by molar-refractivity contribution is -0.120. The average molecular weight is 363 g/mol. The summed E-state index contributed by atoms with van der Waals surface area (Å²) in [6, 6.07) is 14.3. The summed E-state index contributed by atoms with van der Waals surface area (Å²) in [7, 11) is 0. The zero-order valence-electron chi connectivity index (χ0n) is 13.5. The van der Waals surface area contributed by atoms with Gasteiger partial charge in [0.1, 0.15) is 0 Å². The summed E-state index contributed by atoms with van der Waals surface area (Å²) in [5, 5.41) is 6.27. The third-order valence-corrected chi connectivity index (χ3v) is 4.41. The van der Waals surface area contributed by atoms with Crippen molar-refractivity contribution in [3.05, 3.63) is 59.1 Å². The number of carbonyl (C=O) groups excluding carboxylic acids is 2. The minimum absolute atomic E-state index is 0.144. The van der Waals surface area contributed by atoms with Crippen LogP contribution in [0.2, 0.25) is 5.02 Å². The third kappa shape index (κ3) is 5.58. The Balaban J connectivity index is 2.05. The van der Waals surface area contributed by atoms with Crippen LogP contribution in [0, 0.1) is 0 Å². The zero-order chi connectivity index (χ0) is 17.5. The van der Waals surface area contributed by atoms with Crippen LogP contribution >= 0.6 is 23.4 Å². The standard InChI is InChI=1S/C18H19ClN2O2S/c1-12(22)20-17(13-3-5-14(19)6-4-13)11-18(23)21-15-7-9-16(24-2)10-8-15/h3-10,17H,11H2,1-2H3,(H,20,22)(H,21,23). The average Bonchev–Trinajstić information content (AvgIpc) is 2.55. The molecule has 0 aromatic heterocycles. The Morgan fingerprint density at radius 3 is 2.25 bits per heavy atom. The monoisotopic (exact) mass is 362 g/mol. The van der Waals surface area contributed by atoms with Gasteiger partial charge in [0.2, 0.25) is 11.8 Å². The van der Waals surface area contributed by atoms with Gasteiger partial charge in [-0.2, -0.15) is 0 Å². The van der Waals surface area contributed by atoms with Crippen molar-refractivity contribution in [3.8, 4) is 0 Å². The molecule has 0 heterocycles. The highest BCUT2D eigenvalue weighted by atomic mass is 35.5. The van der Waals surface area contributed by atoms with Crippen LogP contribution in [0.1, 0.15) is 24.9 Å². The maximum absolute atomic E-state index is 12.3. The number of halogens is 1. The Morgan fingerprint density at radius 2 is 1.71 bits per heavy atom. The molecule has 24 heavy (non-hydrogen) atoms. The molecule has 2 N–H and O–H groups in total. The number of benzene rings is 2. The van der Waals surface area contributed by atoms with E-state index in [1.165, 1.54) is 6.92 Å². The summed E-state index contributed by atoms with van der Waals surface area (Å²) in [5.74, 6) is -0.354. The van der Waals surface area contributed by atoms with E-state index in [2.05, 4.69) is 10.6 Å². The van der Waals surface area contributed by atoms with Gasteiger partial charge in [0.15, 0.2) is 0 Å². The van der Waals surface area contributed by atoms with E-state index >= 15 is 0 Å². The van der Waals surface area contributed by atoms with Crippen LogP contribution in [-0.4, -0.2) is 18.1 Å². The van der Waals surface area contributed by atoms with E-state index in [9.17, 15) is 9.59 Å². The van der Waals surface area contributed by atoms with Crippen LogP contribution < -0.4 is 10.6 Å². The molecule has 2 amide bonds. The van der Waals surface area contributed by atoms with Gasteiger partial charge in [-0.15, -0.1) is 11.8 Å². The quantitative estimate of drug-likeness (QED) is 0.754. The Labute approximate surface area is 151 Å². The molecule has 0 spiro atoms. The highest BCUT2D eigenvalue weighted by Crippen LogP contribution is 2.21. The molecule has 126 valence electrons. The highest BCUT2D eigenvalue weighted by molar-refractivity contribution is 7.98. The topological polar surface area (TPSA) is 58.2 Å². The minimum atomic E-state index is -0.398. The summed E-state index contributed by atoms with van der Waals surface area (Å²) in [4.78, 5) is 24.9. The molecular formula is C18H19ClN2O2S. The fourth-order valence-electron chi connectivity index (χ4n) is 2.26. The number of amides is 2. The molecule has 0 bridgehead atoms. The molecule has 6 heteroatoms. The van der Waals surface area contributed by atoms with Gasteiger partial charge in [-0.1, -0.05) is 23.7 Å². The van der Waals surface area contributed by atoms with Gasteiger partial charge < -0.3 is 10.6 Å². The van der Waals surface area contributed by atoms with E-state index in [0.717, 1.165) is 16.1 Å². The van der Waals surface area contributed by atoms with Gasteiger partial charge in [0, 0.05) is 22.5 Å². The Bertz CT molecular complexity index is 702.